The number of rotatable bonds is 8. The molecule has 1 aromatic heterocycles. The molecule has 0 aliphatic heterocycles. The Morgan fingerprint density at radius 2 is 2.10 bits per heavy atom. The first-order chi connectivity index (χ1) is 9.39. The molecule has 1 aromatic rings. The molecule has 0 spiro atoms. The first kappa shape index (κ1) is 15.5. The van der Waals surface area contributed by atoms with E-state index in [-0.39, 0.29) is 17.1 Å². The van der Waals surface area contributed by atoms with Gasteiger partial charge in [-0.1, -0.05) is 0 Å². The minimum atomic E-state index is -3.50. The van der Waals surface area contributed by atoms with E-state index < -0.39 is 10.0 Å². The number of hydrogen-bond acceptors (Lipinski definition) is 5. The summed E-state index contributed by atoms with van der Waals surface area (Å²) in [5.74, 6) is 0.602. The Kier molecular flexibility index (Phi) is 4.53. The monoisotopic (exact) mass is 302 g/mol. The van der Waals surface area contributed by atoms with Crippen molar-refractivity contribution < 1.29 is 17.9 Å². The van der Waals surface area contributed by atoms with E-state index in [1.807, 2.05) is 0 Å². The normalized spacial score (nSPS) is 17.6. The fourth-order valence-electron chi connectivity index (χ4n) is 2.15. The molecule has 1 aliphatic carbocycles. The first-order valence-corrected chi connectivity index (χ1v) is 8.16. The molecule has 0 aromatic carbocycles. The van der Waals surface area contributed by atoms with E-state index in [2.05, 4.69) is 5.32 Å². The van der Waals surface area contributed by atoms with Crippen molar-refractivity contribution >= 4 is 10.0 Å². The highest BCUT2D eigenvalue weighted by molar-refractivity contribution is 7.88. The van der Waals surface area contributed by atoms with Gasteiger partial charge >= 0.3 is 0 Å². The van der Waals surface area contributed by atoms with Gasteiger partial charge < -0.3 is 14.8 Å². The molecule has 2 rings (SSSR count). The van der Waals surface area contributed by atoms with E-state index >= 15 is 0 Å². The number of sulfonamides is 1. The number of nitrogens with zero attached hydrogens (tertiary/aromatic N) is 1. The summed E-state index contributed by atoms with van der Waals surface area (Å²) in [6.07, 6.45) is 3.09. The molecule has 20 heavy (non-hydrogen) atoms. The summed E-state index contributed by atoms with van der Waals surface area (Å²) in [6, 6.07) is 3.15. The summed E-state index contributed by atoms with van der Waals surface area (Å²) < 4.78 is 30.2. The topological polar surface area (TPSA) is 82.8 Å². The molecule has 114 valence electrons. The third-order valence-corrected chi connectivity index (χ3v) is 5.46. The summed E-state index contributed by atoms with van der Waals surface area (Å²) in [5, 5.41) is 12.2. The predicted octanol–water partition coefficient (Wildman–Crippen LogP) is 0.782. The summed E-state index contributed by atoms with van der Waals surface area (Å²) in [4.78, 5) is 0. The quantitative estimate of drug-likeness (QED) is 0.741. The Labute approximate surface area is 119 Å². The molecule has 0 unspecified atom stereocenters. The van der Waals surface area contributed by atoms with Crippen LogP contribution in [0.25, 0.3) is 0 Å². The maximum atomic E-state index is 11.9. The fourth-order valence-corrected chi connectivity index (χ4v) is 2.96. The number of furan rings is 1. The van der Waals surface area contributed by atoms with Crippen LogP contribution in [0.1, 0.15) is 25.0 Å². The largest absolute Gasteiger partial charge is 0.447 e. The van der Waals surface area contributed by atoms with E-state index in [0.717, 1.165) is 30.1 Å². The number of nitrogens with one attached hydrogen (secondary N) is 1. The van der Waals surface area contributed by atoms with Crippen LogP contribution in [0, 0.1) is 5.41 Å². The van der Waals surface area contributed by atoms with E-state index in [1.165, 1.54) is 20.2 Å². The molecule has 6 nitrogen and oxygen atoms in total. The summed E-state index contributed by atoms with van der Waals surface area (Å²) in [5.41, 5.74) is 0.236. The van der Waals surface area contributed by atoms with Crippen LogP contribution in [0.3, 0.4) is 0 Å². The van der Waals surface area contributed by atoms with Crippen LogP contribution in [0.5, 0.6) is 0 Å². The Morgan fingerprint density at radius 3 is 2.65 bits per heavy atom. The van der Waals surface area contributed by atoms with Gasteiger partial charge in [0.2, 0.25) is 5.09 Å². The smallest absolute Gasteiger partial charge is 0.275 e. The zero-order chi connectivity index (χ0) is 14.8. The highest BCUT2D eigenvalue weighted by Crippen LogP contribution is 2.47. The molecule has 0 saturated heterocycles. The molecule has 7 heteroatoms. The molecule has 1 heterocycles. The number of aliphatic hydroxyl groups is 1. The van der Waals surface area contributed by atoms with Crippen molar-refractivity contribution in [2.45, 2.75) is 30.9 Å². The van der Waals surface area contributed by atoms with Gasteiger partial charge in [0.25, 0.3) is 10.0 Å². The lowest BCUT2D eigenvalue weighted by molar-refractivity contribution is 0.244. The molecule has 0 radical (unpaired) electrons. The van der Waals surface area contributed by atoms with Gasteiger partial charge in [0.15, 0.2) is 0 Å². The van der Waals surface area contributed by atoms with Gasteiger partial charge in [-0.3, -0.25) is 0 Å². The average molecular weight is 302 g/mol. The second kappa shape index (κ2) is 5.85. The maximum absolute atomic E-state index is 11.9. The van der Waals surface area contributed by atoms with Crippen LogP contribution < -0.4 is 5.32 Å². The standard InChI is InChI=1S/C13H22N2O4S/c1-15(2)20(17,18)12-4-3-11(19-12)9-14-10-13(5-6-13)7-8-16/h3-4,14,16H,5-10H2,1-2H3. The first-order valence-electron chi connectivity index (χ1n) is 6.72. The molecule has 0 amide bonds. The molecule has 0 atom stereocenters. The average Bonchev–Trinajstić information content (AvgIpc) is 2.97. The van der Waals surface area contributed by atoms with Crippen LogP contribution >= 0.6 is 0 Å². The van der Waals surface area contributed by atoms with Crippen molar-refractivity contribution in [1.29, 1.82) is 0 Å². The van der Waals surface area contributed by atoms with E-state index in [0.29, 0.717) is 12.3 Å². The zero-order valence-corrected chi connectivity index (χ0v) is 12.7. The molecule has 1 fully saturated rings. The zero-order valence-electron chi connectivity index (χ0n) is 11.9. The van der Waals surface area contributed by atoms with Crippen molar-refractivity contribution in [2.24, 2.45) is 5.41 Å². The van der Waals surface area contributed by atoms with Gasteiger partial charge in [0, 0.05) is 27.2 Å². The van der Waals surface area contributed by atoms with Gasteiger partial charge in [-0.25, -0.2) is 12.7 Å². The van der Waals surface area contributed by atoms with Crippen molar-refractivity contribution in [3.05, 3.63) is 17.9 Å². The van der Waals surface area contributed by atoms with Gasteiger partial charge in [0.1, 0.15) is 5.76 Å². The van der Waals surface area contributed by atoms with Crippen LogP contribution in [-0.4, -0.2) is 45.1 Å². The lowest BCUT2D eigenvalue weighted by Gasteiger charge is -2.13. The highest BCUT2D eigenvalue weighted by atomic mass is 32.2. The molecule has 2 N–H and O–H groups in total. The van der Waals surface area contributed by atoms with E-state index in [1.54, 1.807) is 6.07 Å². The van der Waals surface area contributed by atoms with Crippen LogP contribution in [0.4, 0.5) is 0 Å². The van der Waals surface area contributed by atoms with Crippen LogP contribution in [0.15, 0.2) is 21.6 Å². The van der Waals surface area contributed by atoms with Gasteiger partial charge in [-0.2, -0.15) is 0 Å². The van der Waals surface area contributed by atoms with E-state index in [9.17, 15) is 8.42 Å². The van der Waals surface area contributed by atoms with Crippen LogP contribution in [-0.2, 0) is 16.6 Å². The summed E-state index contributed by atoms with van der Waals surface area (Å²) in [6.45, 7) is 1.54. The number of aliphatic hydroxyl groups excluding tert-OH is 1. The van der Waals surface area contributed by atoms with Gasteiger partial charge in [-0.15, -0.1) is 0 Å². The third-order valence-electron chi connectivity index (χ3n) is 3.77. The van der Waals surface area contributed by atoms with Crippen molar-refractivity contribution in [1.82, 2.24) is 9.62 Å². The highest BCUT2D eigenvalue weighted by Gasteiger charge is 2.41. The molecular weight excluding hydrogens is 280 g/mol. The van der Waals surface area contributed by atoms with Crippen LogP contribution in [0.2, 0.25) is 0 Å². The molecular formula is C13H22N2O4S. The van der Waals surface area contributed by atoms with Crippen molar-refractivity contribution in [3.8, 4) is 0 Å². The maximum Gasteiger partial charge on any atom is 0.275 e. The van der Waals surface area contributed by atoms with Gasteiger partial charge in [-0.05, 0) is 36.8 Å². The minimum Gasteiger partial charge on any atom is -0.447 e. The molecule has 1 saturated carbocycles. The predicted molar refractivity (Wildman–Crippen MR) is 74.7 cm³/mol. The molecule has 1 aliphatic rings. The summed E-state index contributed by atoms with van der Waals surface area (Å²) in [7, 11) is -0.552. The Bertz CT molecular complexity index is 546. The minimum absolute atomic E-state index is 0.0317. The second-order valence-corrected chi connectivity index (χ2v) is 7.67. The Balaban J connectivity index is 1.88. The van der Waals surface area contributed by atoms with E-state index in [4.69, 9.17) is 9.52 Å². The van der Waals surface area contributed by atoms with Crippen molar-refractivity contribution in [3.63, 3.8) is 0 Å². The van der Waals surface area contributed by atoms with Crippen molar-refractivity contribution in [2.75, 3.05) is 27.2 Å². The second-order valence-electron chi connectivity index (χ2n) is 5.59. The summed E-state index contributed by atoms with van der Waals surface area (Å²) >= 11 is 0. The van der Waals surface area contributed by atoms with Gasteiger partial charge in [0.05, 0.1) is 6.54 Å². The Hall–Kier alpha value is -0.890. The third kappa shape index (κ3) is 3.41. The number of hydrogen-bond donors (Lipinski definition) is 2. The lowest BCUT2D eigenvalue weighted by Crippen LogP contribution is -2.24. The molecule has 0 bridgehead atoms. The lowest BCUT2D eigenvalue weighted by atomic mass is 10.0. The Morgan fingerprint density at radius 1 is 1.40 bits per heavy atom. The SMILES string of the molecule is CN(C)S(=O)(=O)c1ccc(CNCC2(CCO)CC2)o1. The fraction of sp³-hybridized carbons (Fsp3) is 0.692.